The molecule has 1 aromatic carbocycles. The fourth-order valence-electron chi connectivity index (χ4n) is 1.66. The van der Waals surface area contributed by atoms with Crippen LogP contribution >= 0.6 is 0 Å². The van der Waals surface area contributed by atoms with Crippen LogP contribution in [0.2, 0.25) is 0 Å². The lowest BCUT2D eigenvalue weighted by Gasteiger charge is -2.20. The van der Waals surface area contributed by atoms with E-state index >= 15 is 0 Å². The van der Waals surface area contributed by atoms with Crippen LogP contribution in [0.1, 0.15) is 32.2 Å². The van der Waals surface area contributed by atoms with Gasteiger partial charge in [-0.3, -0.25) is 0 Å². The van der Waals surface area contributed by atoms with Gasteiger partial charge in [-0.1, -0.05) is 12.1 Å². The van der Waals surface area contributed by atoms with Gasteiger partial charge in [0, 0.05) is 5.54 Å². The molecule has 0 amide bonds. The minimum Gasteiger partial charge on any atom is -0.305 e. The molecule has 4 nitrogen and oxygen atoms in total. The molecular weight excluding hydrogens is 243 g/mol. The summed E-state index contributed by atoms with van der Waals surface area (Å²) < 4.78 is 14.7. The molecule has 0 fully saturated rings. The third-order valence-corrected chi connectivity index (χ3v) is 2.72. The van der Waals surface area contributed by atoms with Crippen LogP contribution in [-0.2, 0) is 13.1 Å². The van der Waals surface area contributed by atoms with Gasteiger partial charge in [0.25, 0.3) is 0 Å². The molecule has 0 saturated carbocycles. The summed E-state index contributed by atoms with van der Waals surface area (Å²) >= 11 is 0. The van der Waals surface area contributed by atoms with E-state index in [1.807, 2.05) is 4.68 Å². The van der Waals surface area contributed by atoms with E-state index in [1.165, 1.54) is 12.1 Å². The average molecular weight is 262 g/mol. The molecule has 0 aliphatic carbocycles. The van der Waals surface area contributed by atoms with Crippen molar-refractivity contribution in [3.63, 3.8) is 0 Å². The highest BCUT2D eigenvalue weighted by Gasteiger charge is 2.11. The number of rotatable bonds is 4. The molecule has 1 N–H and O–H groups in total. The first-order valence-electron chi connectivity index (χ1n) is 6.30. The maximum atomic E-state index is 12.9. The van der Waals surface area contributed by atoms with E-state index in [0.29, 0.717) is 13.1 Å². The minimum absolute atomic E-state index is 0.0344. The van der Waals surface area contributed by atoms with E-state index in [1.54, 1.807) is 18.5 Å². The van der Waals surface area contributed by atoms with E-state index in [-0.39, 0.29) is 11.4 Å². The van der Waals surface area contributed by atoms with Crippen LogP contribution in [0.15, 0.2) is 30.6 Å². The second-order valence-corrected chi connectivity index (χ2v) is 5.56. The molecule has 1 aromatic heterocycles. The first-order valence-corrected chi connectivity index (χ1v) is 6.30. The Bertz CT molecular complexity index is 525. The Morgan fingerprint density at radius 1 is 1.21 bits per heavy atom. The topological polar surface area (TPSA) is 42.7 Å². The third kappa shape index (κ3) is 4.13. The van der Waals surface area contributed by atoms with Crippen LogP contribution < -0.4 is 5.32 Å². The molecular formula is C14H19FN4. The molecule has 2 rings (SSSR count). The highest BCUT2D eigenvalue weighted by molar-refractivity contribution is 5.16. The fraction of sp³-hybridized carbons (Fsp3) is 0.429. The van der Waals surface area contributed by atoms with Crippen molar-refractivity contribution in [3.8, 4) is 0 Å². The SMILES string of the molecule is CC(C)(C)NCc1ncnn1Cc1ccc(F)cc1. The standard InChI is InChI=1S/C14H19FN4/c1-14(2,3)17-8-13-16-10-18-19(13)9-11-4-6-12(15)7-5-11/h4-7,10,17H,8-9H2,1-3H3. The van der Waals surface area contributed by atoms with Gasteiger partial charge in [-0.15, -0.1) is 0 Å². The average Bonchev–Trinajstić information content (AvgIpc) is 2.76. The van der Waals surface area contributed by atoms with Crippen molar-refractivity contribution >= 4 is 0 Å². The van der Waals surface area contributed by atoms with E-state index in [0.717, 1.165) is 11.4 Å². The van der Waals surface area contributed by atoms with Gasteiger partial charge in [0.1, 0.15) is 18.0 Å². The number of hydrogen-bond donors (Lipinski definition) is 1. The molecule has 0 aliphatic heterocycles. The third-order valence-electron chi connectivity index (χ3n) is 2.72. The summed E-state index contributed by atoms with van der Waals surface area (Å²) in [5.74, 6) is 0.649. The monoisotopic (exact) mass is 262 g/mol. The Hall–Kier alpha value is -1.75. The number of benzene rings is 1. The molecule has 0 spiro atoms. The zero-order chi connectivity index (χ0) is 13.9. The van der Waals surface area contributed by atoms with Crippen LogP contribution in [0, 0.1) is 5.82 Å². The predicted molar refractivity (Wildman–Crippen MR) is 72.1 cm³/mol. The molecule has 2 aromatic rings. The Morgan fingerprint density at radius 2 is 1.89 bits per heavy atom. The number of nitrogens with one attached hydrogen (secondary N) is 1. The maximum Gasteiger partial charge on any atom is 0.141 e. The summed E-state index contributed by atoms with van der Waals surface area (Å²) in [7, 11) is 0. The summed E-state index contributed by atoms with van der Waals surface area (Å²) in [5.41, 5.74) is 1.04. The zero-order valence-electron chi connectivity index (χ0n) is 11.5. The van der Waals surface area contributed by atoms with E-state index < -0.39 is 0 Å². The Labute approximate surface area is 112 Å². The van der Waals surface area contributed by atoms with Crippen molar-refractivity contribution in [1.29, 1.82) is 0 Å². The minimum atomic E-state index is -0.225. The molecule has 5 heteroatoms. The first kappa shape index (κ1) is 13.7. The van der Waals surface area contributed by atoms with Crippen LogP contribution in [0.4, 0.5) is 4.39 Å². The predicted octanol–water partition coefficient (Wildman–Crippen LogP) is 2.35. The molecule has 19 heavy (non-hydrogen) atoms. The smallest absolute Gasteiger partial charge is 0.141 e. The second-order valence-electron chi connectivity index (χ2n) is 5.56. The first-order chi connectivity index (χ1) is 8.94. The van der Waals surface area contributed by atoms with Crippen LogP contribution in [0.5, 0.6) is 0 Å². The summed E-state index contributed by atoms with van der Waals surface area (Å²) in [6.45, 7) is 7.57. The van der Waals surface area contributed by atoms with Crippen molar-refractivity contribution < 1.29 is 4.39 Å². The molecule has 0 bridgehead atoms. The number of hydrogen-bond acceptors (Lipinski definition) is 3. The van der Waals surface area contributed by atoms with Gasteiger partial charge in [-0.25, -0.2) is 14.1 Å². The molecule has 0 unspecified atom stereocenters. The van der Waals surface area contributed by atoms with Gasteiger partial charge in [0.15, 0.2) is 0 Å². The summed E-state index contributed by atoms with van der Waals surface area (Å²) in [5, 5.41) is 7.58. The molecule has 0 radical (unpaired) electrons. The van der Waals surface area contributed by atoms with Gasteiger partial charge in [-0.2, -0.15) is 5.10 Å². The summed E-state index contributed by atoms with van der Waals surface area (Å²) in [4.78, 5) is 4.25. The molecule has 1 heterocycles. The quantitative estimate of drug-likeness (QED) is 0.919. The number of nitrogens with zero attached hydrogens (tertiary/aromatic N) is 3. The van der Waals surface area contributed by atoms with Crippen molar-refractivity contribution in [2.75, 3.05) is 0 Å². The van der Waals surface area contributed by atoms with Gasteiger partial charge in [0.05, 0.1) is 13.1 Å². The van der Waals surface area contributed by atoms with E-state index in [9.17, 15) is 4.39 Å². The summed E-state index contributed by atoms with van der Waals surface area (Å²) in [6, 6.07) is 6.44. The lowest BCUT2D eigenvalue weighted by Crippen LogP contribution is -2.36. The Kier molecular flexibility index (Phi) is 3.95. The molecule has 0 aliphatic rings. The highest BCUT2D eigenvalue weighted by Crippen LogP contribution is 2.07. The Balaban J connectivity index is 2.05. The second kappa shape index (κ2) is 5.48. The van der Waals surface area contributed by atoms with Crippen LogP contribution in [0.3, 0.4) is 0 Å². The lowest BCUT2D eigenvalue weighted by atomic mass is 10.1. The van der Waals surface area contributed by atoms with E-state index in [2.05, 4.69) is 36.2 Å². The van der Waals surface area contributed by atoms with Crippen molar-refractivity contribution in [2.45, 2.75) is 39.4 Å². The van der Waals surface area contributed by atoms with Gasteiger partial charge >= 0.3 is 0 Å². The van der Waals surface area contributed by atoms with Crippen molar-refractivity contribution in [1.82, 2.24) is 20.1 Å². The largest absolute Gasteiger partial charge is 0.305 e. The van der Waals surface area contributed by atoms with Crippen molar-refractivity contribution in [2.24, 2.45) is 0 Å². The van der Waals surface area contributed by atoms with Crippen molar-refractivity contribution in [3.05, 3.63) is 47.8 Å². The molecule has 102 valence electrons. The van der Waals surface area contributed by atoms with Crippen LogP contribution in [-0.4, -0.2) is 20.3 Å². The molecule has 0 saturated heterocycles. The van der Waals surface area contributed by atoms with Gasteiger partial charge in [-0.05, 0) is 38.5 Å². The zero-order valence-corrected chi connectivity index (χ0v) is 11.5. The number of halogens is 1. The summed E-state index contributed by atoms with van der Waals surface area (Å²) in [6.07, 6.45) is 1.54. The fourth-order valence-corrected chi connectivity index (χ4v) is 1.66. The van der Waals surface area contributed by atoms with Gasteiger partial charge in [0.2, 0.25) is 0 Å². The van der Waals surface area contributed by atoms with E-state index in [4.69, 9.17) is 0 Å². The highest BCUT2D eigenvalue weighted by atomic mass is 19.1. The molecule has 0 atom stereocenters. The van der Waals surface area contributed by atoms with Gasteiger partial charge < -0.3 is 5.32 Å². The number of aromatic nitrogens is 3. The lowest BCUT2D eigenvalue weighted by molar-refractivity contribution is 0.410. The van der Waals surface area contributed by atoms with Crippen LogP contribution in [0.25, 0.3) is 0 Å². The normalized spacial score (nSPS) is 11.8. The Morgan fingerprint density at radius 3 is 2.53 bits per heavy atom. The maximum absolute atomic E-state index is 12.9.